The molecule has 0 aromatic carbocycles. The predicted molar refractivity (Wildman–Crippen MR) is 0 cm³/mol. The van der Waals surface area contributed by atoms with Gasteiger partial charge in [0.25, 0.3) is 0 Å². The molecule has 3 radical (unpaired) electrons. The molecule has 0 bridgehead atoms. The van der Waals surface area contributed by atoms with Crippen molar-refractivity contribution in [1.29, 1.82) is 0 Å². The van der Waals surface area contributed by atoms with Crippen LogP contribution < -0.4 is 0 Å². The van der Waals surface area contributed by atoms with Crippen LogP contribution in [0.4, 0.5) is 0 Å². The van der Waals surface area contributed by atoms with E-state index in [4.69, 9.17) is 0 Å². The summed E-state index contributed by atoms with van der Waals surface area (Å²) in [6, 6.07) is 0. The van der Waals surface area contributed by atoms with Crippen molar-refractivity contribution in [3.63, 3.8) is 0 Å². The molecule has 0 spiro atoms. The Hall–Kier alpha value is 2.79. The Morgan fingerprint density at radius 1 is 0.500 bits per heavy atom. The molecule has 0 heterocycles. The topological polar surface area (TPSA) is 0 Å². The quantitative estimate of drug-likeness (QED) is 0.583. The van der Waals surface area contributed by atoms with Crippen molar-refractivity contribution in [2.24, 2.45) is 0 Å². The SMILES string of the molecule is [Co].[Co].[Co].[Dy]. The van der Waals surface area contributed by atoms with Gasteiger partial charge in [0, 0.05) is 88.5 Å². The molecular weight excluding hydrogens is 339 g/mol. The van der Waals surface area contributed by atoms with Crippen molar-refractivity contribution >= 4 is 0 Å². The van der Waals surface area contributed by atoms with Crippen LogP contribution in [0.5, 0.6) is 0 Å². The van der Waals surface area contributed by atoms with Crippen LogP contribution in [-0.4, -0.2) is 0 Å². The summed E-state index contributed by atoms with van der Waals surface area (Å²) in [5.74, 6) is 0. The molecule has 0 aliphatic carbocycles. The average molecular weight is 339 g/mol. The second-order valence-electron chi connectivity index (χ2n) is 0. The van der Waals surface area contributed by atoms with Gasteiger partial charge >= 0.3 is 0 Å². The monoisotopic (exact) mass is 341 g/mol. The van der Waals surface area contributed by atoms with Crippen LogP contribution in [0.15, 0.2) is 0 Å². The Labute approximate surface area is 86.9 Å². The van der Waals surface area contributed by atoms with Crippen molar-refractivity contribution in [3.8, 4) is 0 Å². The summed E-state index contributed by atoms with van der Waals surface area (Å²) in [6.45, 7) is 0. The molecule has 0 aliphatic rings. The molecule has 0 aromatic heterocycles. The minimum atomic E-state index is 0. The van der Waals surface area contributed by atoms with E-state index in [9.17, 15) is 0 Å². The third-order valence-corrected chi connectivity index (χ3v) is 0. The van der Waals surface area contributed by atoms with Crippen LogP contribution in [0.1, 0.15) is 0 Å². The van der Waals surface area contributed by atoms with Crippen molar-refractivity contribution in [3.05, 3.63) is 0 Å². The smallest absolute Gasteiger partial charge is 0 e. The van der Waals surface area contributed by atoms with E-state index < -0.39 is 0 Å². The summed E-state index contributed by atoms with van der Waals surface area (Å²) in [7, 11) is 0. The van der Waals surface area contributed by atoms with Gasteiger partial charge in [-0.15, -0.1) is 0 Å². The molecule has 0 N–H and O–H groups in total. The molecule has 0 aliphatic heterocycles. The second-order valence-corrected chi connectivity index (χ2v) is 0. The molecule has 4 heteroatoms. The van der Waals surface area contributed by atoms with Crippen molar-refractivity contribution in [2.45, 2.75) is 0 Å². The molecule has 0 aromatic rings. The summed E-state index contributed by atoms with van der Waals surface area (Å²) in [6.07, 6.45) is 0. The summed E-state index contributed by atoms with van der Waals surface area (Å²) >= 11 is 0. The van der Waals surface area contributed by atoms with Gasteiger partial charge in [0.15, 0.2) is 0 Å². The maximum atomic E-state index is 0. The molecule has 0 amide bonds. The number of hydrogen-bond donors (Lipinski definition) is 0. The van der Waals surface area contributed by atoms with Gasteiger partial charge in [-0.25, -0.2) is 0 Å². The first-order valence-corrected chi connectivity index (χ1v) is 0. The zero-order valence-corrected chi connectivity index (χ0v) is 6.47. The molecule has 0 saturated heterocycles. The van der Waals surface area contributed by atoms with Gasteiger partial charge in [-0.3, -0.25) is 0 Å². The first-order chi connectivity index (χ1) is 0. The van der Waals surface area contributed by atoms with E-state index in [1.165, 1.54) is 0 Å². The minimum Gasteiger partial charge on any atom is 0 e. The van der Waals surface area contributed by atoms with E-state index in [0.29, 0.717) is 0 Å². The van der Waals surface area contributed by atoms with E-state index in [1.54, 1.807) is 0 Å². The molecule has 0 rings (SSSR count). The molecule has 4 heavy (non-hydrogen) atoms. The van der Waals surface area contributed by atoms with E-state index in [-0.39, 0.29) is 88.5 Å². The summed E-state index contributed by atoms with van der Waals surface area (Å²) < 4.78 is 0. The molecule has 0 atom stereocenters. The van der Waals surface area contributed by atoms with Gasteiger partial charge in [0.05, 0.1) is 0 Å². The maximum Gasteiger partial charge on any atom is 0 e. The second kappa shape index (κ2) is 17.1. The number of hydrogen-bond acceptors (Lipinski definition) is 0. The summed E-state index contributed by atoms with van der Waals surface area (Å²) in [5.41, 5.74) is 0. The standard InChI is InChI=1S/3Co.Dy. The third kappa shape index (κ3) is 8.84. The number of rotatable bonds is 0. The van der Waals surface area contributed by atoms with Crippen LogP contribution in [0.25, 0.3) is 0 Å². The molecule has 0 nitrogen and oxygen atoms in total. The average Bonchev–Trinajstić information content (AvgIpc) is 0. The molecule has 0 saturated carbocycles. The fourth-order valence-electron chi connectivity index (χ4n) is 0. The largest absolute Gasteiger partial charge is 0 e. The Morgan fingerprint density at radius 3 is 0.500 bits per heavy atom. The Morgan fingerprint density at radius 2 is 0.500 bits per heavy atom. The molecular formula is Co3Dy. The van der Waals surface area contributed by atoms with Crippen LogP contribution in [0, 0.1) is 38.2 Å². The summed E-state index contributed by atoms with van der Waals surface area (Å²) in [4.78, 5) is 0. The van der Waals surface area contributed by atoms with Crippen molar-refractivity contribution < 1.29 is 88.5 Å². The van der Waals surface area contributed by atoms with E-state index in [2.05, 4.69) is 0 Å². The van der Waals surface area contributed by atoms with Gasteiger partial charge in [-0.2, -0.15) is 0 Å². The molecule has 0 fully saturated rings. The first kappa shape index (κ1) is 29.2. The van der Waals surface area contributed by atoms with Crippen molar-refractivity contribution in [1.82, 2.24) is 0 Å². The maximum absolute atomic E-state index is 0. The molecule has 0 unspecified atom stereocenters. The van der Waals surface area contributed by atoms with Crippen LogP contribution in [0.3, 0.4) is 0 Å². The van der Waals surface area contributed by atoms with Gasteiger partial charge in [-0.1, -0.05) is 0 Å². The van der Waals surface area contributed by atoms with Crippen LogP contribution in [0.2, 0.25) is 0 Å². The first-order valence-electron chi connectivity index (χ1n) is 0. The summed E-state index contributed by atoms with van der Waals surface area (Å²) in [5, 5.41) is 0. The van der Waals surface area contributed by atoms with Gasteiger partial charge in [-0.05, 0) is 0 Å². The fraction of sp³-hybridized carbons (Fsp3) is 0. The minimum absolute atomic E-state index is 0. The normalized spacial score (nSPS) is 0. The third-order valence-electron chi connectivity index (χ3n) is 0. The molecule has 37 valence electrons. The van der Waals surface area contributed by atoms with E-state index >= 15 is 0 Å². The zero-order valence-electron chi connectivity index (χ0n) is 1.32. The fourth-order valence-corrected chi connectivity index (χ4v) is 0. The van der Waals surface area contributed by atoms with Gasteiger partial charge in [0.2, 0.25) is 0 Å². The zero-order chi connectivity index (χ0) is 0. The van der Waals surface area contributed by atoms with Crippen LogP contribution in [-0.2, 0) is 50.3 Å². The Balaban J connectivity index is 0. The van der Waals surface area contributed by atoms with Gasteiger partial charge < -0.3 is 0 Å². The Kier molecular flexibility index (Phi) is 125. The van der Waals surface area contributed by atoms with Crippen molar-refractivity contribution in [2.75, 3.05) is 0 Å². The van der Waals surface area contributed by atoms with Crippen LogP contribution >= 0.6 is 0 Å². The predicted octanol–water partition coefficient (Wildman–Crippen LogP) is -0.00750. The van der Waals surface area contributed by atoms with E-state index in [1.807, 2.05) is 0 Å². The van der Waals surface area contributed by atoms with E-state index in [0.717, 1.165) is 0 Å². The Bertz CT molecular complexity index is 3.25. The van der Waals surface area contributed by atoms with Gasteiger partial charge in [0.1, 0.15) is 0 Å².